The lowest BCUT2D eigenvalue weighted by atomic mass is 9.99. The van der Waals surface area contributed by atoms with Crippen LogP contribution in [0.2, 0.25) is 0 Å². The molecule has 1 aliphatic rings. The maximum Gasteiger partial charge on any atom is 0.253 e. The van der Waals surface area contributed by atoms with Gasteiger partial charge in [-0.2, -0.15) is 0 Å². The number of amides is 2. The Kier molecular flexibility index (Phi) is 12.7. The summed E-state index contributed by atoms with van der Waals surface area (Å²) in [5, 5.41) is 17.4. The second-order valence-corrected chi connectivity index (χ2v) is 11.1. The van der Waals surface area contributed by atoms with E-state index in [-0.39, 0.29) is 18.9 Å². The first-order valence-corrected chi connectivity index (χ1v) is 14.9. The molecular weight excluding hydrogens is 526 g/mol. The molecule has 0 aliphatic carbocycles. The van der Waals surface area contributed by atoms with Crippen molar-refractivity contribution in [3.63, 3.8) is 0 Å². The van der Waals surface area contributed by atoms with Crippen molar-refractivity contribution >= 4 is 11.8 Å². The summed E-state index contributed by atoms with van der Waals surface area (Å²) < 4.78 is 27.9. The Morgan fingerprint density at radius 1 is 1.02 bits per heavy atom. The maximum absolute atomic E-state index is 13.9. The number of nitrogens with one attached hydrogen (secondary N) is 2. The second-order valence-electron chi connectivity index (χ2n) is 11.1. The fourth-order valence-electron chi connectivity index (χ4n) is 5.68. The molecule has 9 heteroatoms. The van der Waals surface area contributed by atoms with Crippen molar-refractivity contribution in [2.24, 2.45) is 0 Å². The van der Waals surface area contributed by atoms with Crippen molar-refractivity contribution < 1.29 is 23.5 Å². The molecule has 2 amide bonds. The number of benzene rings is 2. The van der Waals surface area contributed by atoms with Gasteiger partial charge in [-0.05, 0) is 93.6 Å². The number of likely N-dealkylation sites (tertiary alicyclic amines) is 1. The Balaban J connectivity index is 1.78. The molecule has 226 valence electrons. The van der Waals surface area contributed by atoms with Gasteiger partial charge in [0.1, 0.15) is 11.6 Å². The minimum absolute atomic E-state index is 0.0339. The summed E-state index contributed by atoms with van der Waals surface area (Å²) in [7, 11) is 0. The van der Waals surface area contributed by atoms with Crippen molar-refractivity contribution in [2.45, 2.75) is 78.0 Å². The van der Waals surface area contributed by atoms with E-state index in [2.05, 4.69) is 22.5 Å². The maximum atomic E-state index is 13.9. The number of aliphatic hydroxyl groups is 1. The summed E-state index contributed by atoms with van der Waals surface area (Å²) in [6, 6.07) is 7.82. The third kappa shape index (κ3) is 9.58. The number of likely N-dealkylation sites (N-methyl/N-ethyl adjacent to an activating group) is 1. The first kappa shape index (κ1) is 32.6. The van der Waals surface area contributed by atoms with Gasteiger partial charge in [-0.25, -0.2) is 8.78 Å². The van der Waals surface area contributed by atoms with Crippen molar-refractivity contribution in [2.75, 3.05) is 39.3 Å². The van der Waals surface area contributed by atoms with Gasteiger partial charge in [0.2, 0.25) is 0 Å². The highest BCUT2D eigenvalue weighted by molar-refractivity contribution is 6.00. The smallest absolute Gasteiger partial charge is 0.253 e. The van der Waals surface area contributed by atoms with Gasteiger partial charge in [0, 0.05) is 49.4 Å². The second kappa shape index (κ2) is 15.9. The SMILES string of the molecule is CCCN(CCC)C(=O)c1cc(C)cc(C(=O)N[C@@H](Cc2cc(F)cc(F)c2)[C@H](O)CNC[C@H]2CCCN2CC)c1. The van der Waals surface area contributed by atoms with Crippen LogP contribution in [0.5, 0.6) is 0 Å². The van der Waals surface area contributed by atoms with E-state index in [9.17, 15) is 23.5 Å². The number of halogens is 2. The number of hydrogen-bond donors (Lipinski definition) is 3. The van der Waals surface area contributed by atoms with Crippen LogP contribution in [0.15, 0.2) is 36.4 Å². The molecule has 3 N–H and O–H groups in total. The summed E-state index contributed by atoms with van der Waals surface area (Å²) in [4.78, 5) is 30.9. The molecule has 0 aromatic heterocycles. The predicted octanol–water partition coefficient (Wildman–Crippen LogP) is 4.31. The van der Waals surface area contributed by atoms with E-state index >= 15 is 0 Å². The van der Waals surface area contributed by atoms with Crippen molar-refractivity contribution in [3.8, 4) is 0 Å². The Labute approximate surface area is 243 Å². The van der Waals surface area contributed by atoms with Crippen molar-refractivity contribution in [1.82, 2.24) is 20.4 Å². The van der Waals surface area contributed by atoms with Crippen LogP contribution in [0.25, 0.3) is 0 Å². The first-order valence-electron chi connectivity index (χ1n) is 14.9. The van der Waals surface area contributed by atoms with Gasteiger partial charge < -0.3 is 20.6 Å². The Hall–Kier alpha value is -2.88. The van der Waals surface area contributed by atoms with Gasteiger partial charge in [0.15, 0.2) is 0 Å². The van der Waals surface area contributed by atoms with Crippen LogP contribution in [-0.4, -0.2) is 84.2 Å². The zero-order chi connectivity index (χ0) is 29.9. The highest BCUT2D eigenvalue weighted by Crippen LogP contribution is 2.17. The normalized spacial score (nSPS) is 16.9. The highest BCUT2D eigenvalue weighted by atomic mass is 19.1. The van der Waals surface area contributed by atoms with Crippen LogP contribution in [0.4, 0.5) is 8.78 Å². The summed E-state index contributed by atoms with van der Waals surface area (Å²) >= 11 is 0. The molecule has 1 aliphatic heterocycles. The Bertz CT molecular complexity index is 1140. The van der Waals surface area contributed by atoms with E-state index in [1.165, 1.54) is 12.1 Å². The average Bonchev–Trinajstić information content (AvgIpc) is 3.38. The number of carbonyl (C=O) groups is 2. The quantitative estimate of drug-likeness (QED) is 0.296. The summed E-state index contributed by atoms with van der Waals surface area (Å²) in [6.07, 6.45) is 2.90. The monoisotopic (exact) mass is 572 g/mol. The van der Waals surface area contributed by atoms with E-state index in [4.69, 9.17) is 0 Å². The predicted molar refractivity (Wildman–Crippen MR) is 158 cm³/mol. The van der Waals surface area contributed by atoms with Crippen LogP contribution in [-0.2, 0) is 6.42 Å². The minimum Gasteiger partial charge on any atom is -0.390 e. The van der Waals surface area contributed by atoms with E-state index in [1.807, 2.05) is 20.8 Å². The average molecular weight is 573 g/mol. The number of nitrogens with zero attached hydrogens (tertiary/aromatic N) is 2. The molecule has 0 radical (unpaired) electrons. The summed E-state index contributed by atoms with van der Waals surface area (Å²) in [5.74, 6) is -2.03. The molecule has 7 nitrogen and oxygen atoms in total. The van der Waals surface area contributed by atoms with Crippen LogP contribution in [0.3, 0.4) is 0 Å². The number of hydrogen-bond acceptors (Lipinski definition) is 5. The number of carbonyl (C=O) groups excluding carboxylic acids is 2. The fraction of sp³-hybridized carbons (Fsp3) is 0.562. The molecule has 2 aromatic carbocycles. The molecule has 0 saturated carbocycles. The minimum atomic E-state index is -1.02. The van der Waals surface area contributed by atoms with E-state index < -0.39 is 29.7 Å². The molecule has 0 unspecified atom stereocenters. The number of rotatable bonds is 15. The van der Waals surface area contributed by atoms with Crippen LogP contribution in [0.1, 0.15) is 78.3 Å². The molecule has 1 fully saturated rings. The fourth-order valence-corrected chi connectivity index (χ4v) is 5.68. The number of aryl methyl sites for hydroxylation is 1. The van der Waals surface area contributed by atoms with Gasteiger partial charge in [0.05, 0.1) is 12.1 Å². The molecule has 1 saturated heterocycles. The topological polar surface area (TPSA) is 84.9 Å². The van der Waals surface area contributed by atoms with Crippen molar-refractivity contribution in [1.29, 1.82) is 0 Å². The van der Waals surface area contributed by atoms with Crippen molar-refractivity contribution in [3.05, 3.63) is 70.3 Å². The first-order chi connectivity index (χ1) is 19.6. The number of aliphatic hydroxyl groups excluding tert-OH is 1. The van der Waals surface area contributed by atoms with Crippen LogP contribution in [0, 0.1) is 18.6 Å². The van der Waals surface area contributed by atoms with Gasteiger partial charge in [-0.3, -0.25) is 14.5 Å². The zero-order valence-electron chi connectivity index (χ0n) is 24.9. The van der Waals surface area contributed by atoms with Gasteiger partial charge in [-0.15, -0.1) is 0 Å². The summed E-state index contributed by atoms with van der Waals surface area (Å²) in [6.45, 7) is 12.2. The van der Waals surface area contributed by atoms with Gasteiger partial charge in [0.25, 0.3) is 11.8 Å². The lowest BCUT2D eigenvalue weighted by Gasteiger charge is -2.27. The Morgan fingerprint density at radius 2 is 1.68 bits per heavy atom. The molecule has 3 rings (SSSR count). The molecule has 41 heavy (non-hydrogen) atoms. The molecule has 1 heterocycles. The summed E-state index contributed by atoms with van der Waals surface area (Å²) in [5.41, 5.74) is 1.81. The molecule has 3 atom stereocenters. The van der Waals surface area contributed by atoms with Crippen LogP contribution >= 0.6 is 0 Å². The van der Waals surface area contributed by atoms with E-state index in [0.717, 1.165) is 50.4 Å². The third-order valence-electron chi connectivity index (χ3n) is 7.66. The largest absolute Gasteiger partial charge is 0.390 e. The highest BCUT2D eigenvalue weighted by Gasteiger charge is 2.26. The van der Waals surface area contributed by atoms with E-state index in [0.29, 0.717) is 42.4 Å². The molecular formula is C32H46F2N4O3. The standard InChI is InChI=1S/C32H46F2N4O3/c1-5-10-38(11-6-2)32(41)25-14-22(4)13-24(18-25)31(40)36-29(17-23-15-26(33)19-27(34)16-23)30(39)21-35-20-28-9-8-12-37(28)7-3/h13-16,18-19,28-30,35,39H,5-12,17,20-21H2,1-4H3,(H,36,40)/t28-,29+,30-/m1/s1. The van der Waals surface area contributed by atoms with Gasteiger partial charge in [-0.1, -0.05) is 20.8 Å². The lowest BCUT2D eigenvalue weighted by molar-refractivity contribution is 0.0755. The van der Waals surface area contributed by atoms with E-state index in [1.54, 1.807) is 23.1 Å². The molecule has 0 bridgehead atoms. The molecule has 0 spiro atoms. The molecule has 2 aromatic rings. The van der Waals surface area contributed by atoms with Gasteiger partial charge >= 0.3 is 0 Å². The lowest BCUT2D eigenvalue weighted by Crippen LogP contribution is -2.50. The Morgan fingerprint density at radius 3 is 2.32 bits per heavy atom. The third-order valence-corrected chi connectivity index (χ3v) is 7.66. The zero-order valence-corrected chi connectivity index (χ0v) is 24.9. The van der Waals surface area contributed by atoms with Crippen LogP contribution < -0.4 is 10.6 Å².